The Labute approximate surface area is 123 Å². The van der Waals surface area contributed by atoms with Gasteiger partial charge < -0.3 is 14.8 Å². The Hall–Kier alpha value is -1.01. The van der Waals surface area contributed by atoms with E-state index in [0.29, 0.717) is 17.5 Å². The molecule has 1 aromatic carbocycles. The summed E-state index contributed by atoms with van der Waals surface area (Å²) in [6, 6.07) is 5.05. The van der Waals surface area contributed by atoms with Gasteiger partial charge in [0, 0.05) is 11.8 Å². The normalized spacial score (nSPS) is 12.5. The van der Waals surface area contributed by atoms with Gasteiger partial charge in [0.2, 0.25) is 0 Å². The average Bonchev–Trinajstić information content (AvgIpc) is 2.43. The summed E-state index contributed by atoms with van der Waals surface area (Å²) in [4.78, 5) is 0. The molecule has 6 heteroatoms. The lowest BCUT2D eigenvalue weighted by Crippen LogP contribution is -2.17. The maximum Gasteiger partial charge on any atom is 0.387 e. The summed E-state index contributed by atoms with van der Waals surface area (Å²) in [5.74, 6) is 0.379. The van der Waals surface area contributed by atoms with Gasteiger partial charge in [-0.15, -0.1) is 0 Å². The lowest BCUT2D eigenvalue weighted by molar-refractivity contribution is -0.0512. The van der Waals surface area contributed by atoms with Gasteiger partial charge in [0.25, 0.3) is 0 Å². The van der Waals surface area contributed by atoms with Crippen LogP contribution >= 0.6 is 11.8 Å². The quantitative estimate of drug-likeness (QED) is 0.707. The van der Waals surface area contributed by atoms with Crippen molar-refractivity contribution in [1.29, 1.82) is 0 Å². The minimum absolute atomic E-state index is 0.0688. The largest absolute Gasteiger partial charge is 0.493 e. The van der Waals surface area contributed by atoms with Crippen LogP contribution in [0.3, 0.4) is 0 Å². The molecule has 0 heterocycles. The summed E-state index contributed by atoms with van der Waals surface area (Å²) in [6.07, 6.45) is 3.15. The molecule has 0 aromatic heterocycles. The van der Waals surface area contributed by atoms with Crippen molar-refractivity contribution in [1.82, 2.24) is 5.32 Å². The first-order valence-electron chi connectivity index (χ1n) is 6.42. The minimum Gasteiger partial charge on any atom is -0.493 e. The first-order chi connectivity index (χ1) is 9.56. The SMILES string of the molecule is COc1ccc(CNCCC(C)SC)cc1OC(F)F. The molecule has 20 heavy (non-hydrogen) atoms. The molecule has 0 bridgehead atoms. The van der Waals surface area contributed by atoms with E-state index in [2.05, 4.69) is 23.2 Å². The highest BCUT2D eigenvalue weighted by Crippen LogP contribution is 2.29. The van der Waals surface area contributed by atoms with Gasteiger partial charge in [-0.05, 0) is 36.9 Å². The van der Waals surface area contributed by atoms with Gasteiger partial charge >= 0.3 is 6.61 Å². The lowest BCUT2D eigenvalue weighted by atomic mass is 10.2. The highest BCUT2D eigenvalue weighted by atomic mass is 32.2. The van der Waals surface area contributed by atoms with Crippen molar-refractivity contribution in [3.63, 3.8) is 0 Å². The van der Waals surface area contributed by atoms with Crippen molar-refractivity contribution in [3.8, 4) is 11.5 Å². The Kier molecular flexibility index (Phi) is 7.69. The van der Waals surface area contributed by atoms with Gasteiger partial charge in [0.15, 0.2) is 11.5 Å². The predicted molar refractivity (Wildman–Crippen MR) is 78.9 cm³/mol. The van der Waals surface area contributed by atoms with E-state index in [-0.39, 0.29) is 5.75 Å². The molecule has 0 radical (unpaired) electrons. The topological polar surface area (TPSA) is 30.5 Å². The molecule has 1 aromatic rings. The summed E-state index contributed by atoms with van der Waals surface area (Å²) in [6.45, 7) is 0.826. The number of halogens is 2. The van der Waals surface area contributed by atoms with E-state index in [1.807, 2.05) is 17.8 Å². The van der Waals surface area contributed by atoms with Crippen LogP contribution in [0.15, 0.2) is 18.2 Å². The Bertz CT molecular complexity index is 405. The number of hydrogen-bond acceptors (Lipinski definition) is 4. The molecule has 114 valence electrons. The average molecular weight is 305 g/mol. The van der Waals surface area contributed by atoms with Crippen LogP contribution in [0.1, 0.15) is 18.9 Å². The van der Waals surface area contributed by atoms with Gasteiger partial charge in [-0.3, -0.25) is 0 Å². The van der Waals surface area contributed by atoms with E-state index in [0.717, 1.165) is 18.5 Å². The summed E-state index contributed by atoms with van der Waals surface area (Å²) in [7, 11) is 1.43. The molecule has 0 spiro atoms. The molecular weight excluding hydrogens is 284 g/mol. The van der Waals surface area contributed by atoms with Gasteiger partial charge in [-0.2, -0.15) is 20.5 Å². The van der Waals surface area contributed by atoms with E-state index < -0.39 is 6.61 Å². The Morgan fingerprint density at radius 1 is 1.30 bits per heavy atom. The zero-order valence-corrected chi connectivity index (χ0v) is 12.8. The van der Waals surface area contributed by atoms with Gasteiger partial charge in [-0.1, -0.05) is 13.0 Å². The molecule has 3 nitrogen and oxygen atoms in total. The van der Waals surface area contributed by atoms with Crippen LogP contribution in [0.25, 0.3) is 0 Å². The molecule has 0 saturated carbocycles. The third-order valence-corrected chi connectivity index (χ3v) is 3.94. The van der Waals surface area contributed by atoms with Gasteiger partial charge in [0.1, 0.15) is 0 Å². The molecule has 1 N–H and O–H groups in total. The first kappa shape index (κ1) is 17.0. The minimum atomic E-state index is -2.85. The van der Waals surface area contributed by atoms with Crippen LogP contribution in [-0.2, 0) is 6.54 Å². The Balaban J connectivity index is 2.53. The monoisotopic (exact) mass is 305 g/mol. The van der Waals surface area contributed by atoms with E-state index >= 15 is 0 Å². The number of rotatable bonds is 9. The number of alkyl halides is 2. The Morgan fingerprint density at radius 2 is 2.05 bits per heavy atom. The fourth-order valence-electron chi connectivity index (χ4n) is 1.68. The highest BCUT2D eigenvalue weighted by molar-refractivity contribution is 7.99. The van der Waals surface area contributed by atoms with Crippen LogP contribution in [0.2, 0.25) is 0 Å². The first-order valence-corrected chi connectivity index (χ1v) is 7.70. The van der Waals surface area contributed by atoms with Gasteiger partial charge in [-0.25, -0.2) is 0 Å². The summed E-state index contributed by atoms with van der Waals surface area (Å²) in [5.41, 5.74) is 0.887. The smallest absolute Gasteiger partial charge is 0.387 e. The van der Waals surface area contributed by atoms with Gasteiger partial charge in [0.05, 0.1) is 7.11 Å². The third kappa shape index (κ3) is 5.96. The standard InChI is InChI=1S/C14H21F2NO2S/c1-10(20-3)6-7-17-9-11-4-5-12(18-2)13(8-11)19-14(15)16/h4-5,8,10,14,17H,6-7,9H2,1-3H3. The van der Waals surface area contributed by atoms with Crippen molar-refractivity contribution in [2.24, 2.45) is 0 Å². The summed E-state index contributed by atoms with van der Waals surface area (Å²) in [5, 5.41) is 3.90. The van der Waals surface area contributed by atoms with Crippen LogP contribution in [0.4, 0.5) is 8.78 Å². The lowest BCUT2D eigenvalue weighted by Gasteiger charge is -2.12. The fourth-order valence-corrected chi connectivity index (χ4v) is 2.03. The number of methoxy groups -OCH3 is 1. The highest BCUT2D eigenvalue weighted by Gasteiger charge is 2.11. The summed E-state index contributed by atoms with van der Waals surface area (Å²) < 4.78 is 34.1. The zero-order chi connectivity index (χ0) is 15.0. The molecule has 0 amide bonds. The van der Waals surface area contributed by atoms with Crippen LogP contribution in [0, 0.1) is 0 Å². The zero-order valence-electron chi connectivity index (χ0n) is 12.0. The molecule has 0 aliphatic heterocycles. The Morgan fingerprint density at radius 3 is 2.65 bits per heavy atom. The molecule has 0 fully saturated rings. The maximum absolute atomic E-state index is 12.3. The van der Waals surface area contributed by atoms with E-state index in [9.17, 15) is 8.78 Å². The third-order valence-electron chi connectivity index (χ3n) is 2.90. The number of hydrogen-bond donors (Lipinski definition) is 1. The predicted octanol–water partition coefficient (Wildman–Crippen LogP) is 3.53. The second kappa shape index (κ2) is 9.02. The van der Waals surface area contributed by atoms with Crippen LogP contribution in [-0.4, -0.2) is 31.8 Å². The summed E-state index contributed by atoms with van der Waals surface area (Å²) >= 11 is 1.83. The molecule has 1 unspecified atom stereocenters. The van der Waals surface area contributed by atoms with Crippen molar-refractivity contribution in [2.75, 3.05) is 19.9 Å². The number of benzene rings is 1. The van der Waals surface area contributed by atoms with Crippen LogP contribution in [0.5, 0.6) is 11.5 Å². The van der Waals surface area contributed by atoms with Crippen LogP contribution < -0.4 is 14.8 Å². The number of nitrogens with one attached hydrogen (secondary N) is 1. The van der Waals surface area contributed by atoms with E-state index in [1.165, 1.54) is 7.11 Å². The number of thioether (sulfide) groups is 1. The molecule has 1 rings (SSSR count). The second-order valence-corrected chi connectivity index (χ2v) is 5.65. The van der Waals surface area contributed by atoms with E-state index in [1.54, 1.807) is 12.1 Å². The van der Waals surface area contributed by atoms with Crippen molar-refractivity contribution >= 4 is 11.8 Å². The molecule has 0 saturated heterocycles. The number of ether oxygens (including phenoxy) is 2. The fraction of sp³-hybridized carbons (Fsp3) is 0.571. The van der Waals surface area contributed by atoms with Crippen molar-refractivity contribution in [2.45, 2.75) is 31.8 Å². The van der Waals surface area contributed by atoms with E-state index in [4.69, 9.17) is 4.74 Å². The second-order valence-electron chi connectivity index (χ2n) is 4.38. The van der Waals surface area contributed by atoms with Crippen molar-refractivity contribution < 1.29 is 18.3 Å². The van der Waals surface area contributed by atoms with Crippen molar-refractivity contribution in [3.05, 3.63) is 23.8 Å². The molecule has 0 aliphatic carbocycles. The molecule has 0 aliphatic rings. The maximum atomic E-state index is 12.3. The molecule has 1 atom stereocenters. The molecular formula is C14H21F2NO2S.